The van der Waals surface area contributed by atoms with Gasteiger partial charge in [0.15, 0.2) is 11.5 Å². The average molecular weight is 268 g/mol. The molecule has 2 aromatic rings. The van der Waals surface area contributed by atoms with E-state index in [2.05, 4.69) is 11.1 Å². The fraction of sp³-hybridized carbons (Fsp3) is 0.250. The third kappa shape index (κ3) is 2.72. The zero-order valence-corrected chi connectivity index (χ0v) is 12.0. The highest BCUT2D eigenvalue weighted by atomic mass is 16.5. The van der Waals surface area contributed by atoms with Crippen LogP contribution < -0.4 is 9.47 Å². The summed E-state index contributed by atoms with van der Waals surface area (Å²) in [6.45, 7) is 5.64. The number of hydrogen-bond donors (Lipinski definition) is 0. The number of nitriles is 1. The topological polar surface area (TPSA) is 55.1 Å². The molecule has 1 heterocycles. The Kier molecular flexibility index (Phi) is 3.90. The van der Waals surface area contributed by atoms with E-state index in [1.54, 1.807) is 20.1 Å². The fourth-order valence-corrected chi connectivity index (χ4v) is 1.99. The lowest BCUT2D eigenvalue weighted by Crippen LogP contribution is -1.97. The van der Waals surface area contributed by atoms with Crippen molar-refractivity contribution in [1.29, 1.82) is 5.26 Å². The van der Waals surface area contributed by atoms with E-state index in [1.165, 1.54) is 0 Å². The summed E-state index contributed by atoms with van der Waals surface area (Å²) in [6.07, 6.45) is 0. The Morgan fingerprint density at radius 3 is 2.45 bits per heavy atom. The van der Waals surface area contributed by atoms with Crippen LogP contribution in [0.5, 0.6) is 17.2 Å². The number of hydrogen-bond acceptors (Lipinski definition) is 4. The molecule has 0 atom stereocenters. The van der Waals surface area contributed by atoms with E-state index in [9.17, 15) is 5.26 Å². The molecule has 0 fully saturated rings. The lowest BCUT2D eigenvalue weighted by Gasteiger charge is -2.13. The molecule has 0 N–H and O–H groups in total. The van der Waals surface area contributed by atoms with Crippen molar-refractivity contribution in [2.45, 2.75) is 20.8 Å². The Balaban J connectivity index is 2.48. The minimum absolute atomic E-state index is 0.443. The number of methoxy groups -OCH3 is 1. The van der Waals surface area contributed by atoms with Crippen LogP contribution in [-0.2, 0) is 0 Å². The molecule has 0 unspecified atom stereocenters. The number of aromatic nitrogens is 1. The van der Waals surface area contributed by atoms with Crippen LogP contribution in [0.3, 0.4) is 0 Å². The maximum absolute atomic E-state index is 9.24. The summed E-state index contributed by atoms with van der Waals surface area (Å²) < 4.78 is 11.2. The molecule has 0 bridgehead atoms. The summed E-state index contributed by atoms with van der Waals surface area (Å²) in [6, 6.07) is 9.55. The highest BCUT2D eigenvalue weighted by Gasteiger charge is 2.13. The summed E-state index contributed by atoms with van der Waals surface area (Å²) in [7, 11) is 1.59. The zero-order valence-electron chi connectivity index (χ0n) is 12.0. The quantitative estimate of drug-likeness (QED) is 0.852. The predicted octanol–water partition coefficient (Wildman–Crippen LogP) is 3.68. The van der Waals surface area contributed by atoms with E-state index in [0.29, 0.717) is 28.5 Å². The molecule has 0 spiro atoms. The van der Waals surface area contributed by atoms with Gasteiger partial charge < -0.3 is 9.47 Å². The lowest BCUT2D eigenvalue weighted by atomic mass is 10.1. The molecule has 102 valence electrons. The summed E-state index contributed by atoms with van der Waals surface area (Å²) in [5, 5.41) is 9.24. The number of rotatable bonds is 3. The van der Waals surface area contributed by atoms with Gasteiger partial charge in [-0.3, -0.25) is 4.98 Å². The van der Waals surface area contributed by atoms with Crippen LogP contribution in [0.25, 0.3) is 0 Å². The number of pyridine rings is 1. The maximum Gasteiger partial charge on any atom is 0.169 e. The van der Waals surface area contributed by atoms with Crippen molar-refractivity contribution in [3.63, 3.8) is 0 Å². The first-order valence-corrected chi connectivity index (χ1v) is 6.26. The molecule has 4 nitrogen and oxygen atoms in total. The molecule has 2 rings (SSSR count). The molecule has 1 aromatic carbocycles. The van der Waals surface area contributed by atoms with Crippen molar-refractivity contribution in [2.75, 3.05) is 7.11 Å². The SMILES string of the molecule is COc1cc(C)ccc1Oc1cc(C)nc(C)c1C#N. The van der Waals surface area contributed by atoms with Gasteiger partial charge in [-0.25, -0.2) is 0 Å². The molecule has 0 aliphatic carbocycles. The van der Waals surface area contributed by atoms with Gasteiger partial charge in [0.1, 0.15) is 17.4 Å². The van der Waals surface area contributed by atoms with E-state index in [1.807, 2.05) is 32.0 Å². The Bertz CT molecular complexity index is 688. The second kappa shape index (κ2) is 5.62. The standard InChI is InChI=1S/C16H16N2O2/c1-10-5-6-14(16(7-10)19-4)20-15-8-11(2)18-12(3)13(15)9-17/h5-8H,1-4H3. The molecule has 4 heteroatoms. The summed E-state index contributed by atoms with van der Waals surface area (Å²) in [5.41, 5.74) is 2.99. The molecule has 0 saturated carbocycles. The van der Waals surface area contributed by atoms with Gasteiger partial charge in [0.2, 0.25) is 0 Å². The summed E-state index contributed by atoms with van der Waals surface area (Å²) in [5.74, 6) is 1.72. The van der Waals surface area contributed by atoms with E-state index < -0.39 is 0 Å². The third-order valence-electron chi connectivity index (χ3n) is 2.94. The Labute approximate surface area is 118 Å². The van der Waals surface area contributed by atoms with Gasteiger partial charge in [-0.15, -0.1) is 0 Å². The largest absolute Gasteiger partial charge is 0.493 e. The van der Waals surface area contributed by atoms with Crippen LogP contribution in [0.15, 0.2) is 24.3 Å². The van der Waals surface area contributed by atoms with Crippen LogP contribution in [-0.4, -0.2) is 12.1 Å². The Morgan fingerprint density at radius 1 is 1.05 bits per heavy atom. The van der Waals surface area contributed by atoms with Crippen LogP contribution >= 0.6 is 0 Å². The number of nitrogens with zero attached hydrogens (tertiary/aromatic N) is 2. The monoisotopic (exact) mass is 268 g/mol. The van der Waals surface area contributed by atoms with Crippen LogP contribution in [0.4, 0.5) is 0 Å². The van der Waals surface area contributed by atoms with Crippen molar-refractivity contribution in [3.8, 4) is 23.3 Å². The van der Waals surface area contributed by atoms with Crippen molar-refractivity contribution in [2.24, 2.45) is 0 Å². The summed E-state index contributed by atoms with van der Waals surface area (Å²) >= 11 is 0. The Hall–Kier alpha value is -2.54. The first-order chi connectivity index (χ1) is 9.55. The molecule has 0 amide bonds. The van der Waals surface area contributed by atoms with Gasteiger partial charge in [0, 0.05) is 11.8 Å². The van der Waals surface area contributed by atoms with Crippen molar-refractivity contribution >= 4 is 0 Å². The van der Waals surface area contributed by atoms with E-state index in [0.717, 1.165) is 11.3 Å². The molecular formula is C16H16N2O2. The van der Waals surface area contributed by atoms with Crippen LogP contribution in [0.2, 0.25) is 0 Å². The smallest absolute Gasteiger partial charge is 0.169 e. The van der Waals surface area contributed by atoms with Gasteiger partial charge in [-0.1, -0.05) is 6.07 Å². The lowest BCUT2D eigenvalue weighted by molar-refractivity contribution is 0.378. The molecule has 0 saturated heterocycles. The fourth-order valence-electron chi connectivity index (χ4n) is 1.99. The van der Waals surface area contributed by atoms with Gasteiger partial charge >= 0.3 is 0 Å². The van der Waals surface area contributed by atoms with E-state index in [4.69, 9.17) is 9.47 Å². The minimum Gasteiger partial charge on any atom is -0.493 e. The Morgan fingerprint density at radius 2 is 1.80 bits per heavy atom. The number of aryl methyl sites for hydroxylation is 3. The van der Waals surface area contributed by atoms with E-state index in [-0.39, 0.29) is 0 Å². The molecule has 0 aliphatic heterocycles. The van der Waals surface area contributed by atoms with E-state index >= 15 is 0 Å². The third-order valence-corrected chi connectivity index (χ3v) is 2.94. The first-order valence-electron chi connectivity index (χ1n) is 6.26. The number of benzene rings is 1. The van der Waals surface area contributed by atoms with Crippen molar-refractivity contribution < 1.29 is 9.47 Å². The minimum atomic E-state index is 0.443. The molecular weight excluding hydrogens is 252 g/mol. The van der Waals surface area contributed by atoms with Gasteiger partial charge in [-0.05, 0) is 38.5 Å². The van der Waals surface area contributed by atoms with Gasteiger partial charge in [-0.2, -0.15) is 5.26 Å². The van der Waals surface area contributed by atoms with Crippen molar-refractivity contribution in [3.05, 3.63) is 46.8 Å². The van der Waals surface area contributed by atoms with Crippen molar-refractivity contribution in [1.82, 2.24) is 4.98 Å². The molecule has 0 aliphatic rings. The predicted molar refractivity (Wildman–Crippen MR) is 76.2 cm³/mol. The normalized spacial score (nSPS) is 9.95. The van der Waals surface area contributed by atoms with Crippen LogP contribution in [0.1, 0.15) is 22.5 Å². The molecule has 20 heavy (non-hydrogen) atoms. The first kappa shape index (κ1) is 13.9. The van der Waals surface area contributed by atoms with Gasteiger partial charge in [0.05, 0.1) is 12.8 Å². The van der Waals surface area contributed by atoms with Gasteiger partial charge in [0.25, 0.3) is 0 Å². The second-order valence-corrected chi connectivity index (χ2v) is 4.59. The average Bonchev–Trinajstić information content (AvgIpc) is 2.40. The highest BCUT2D eigenvalue weighted by Crippen LogP contribution is 2.34. The highest BCUT2D eigenvalue weighted by molar-refractivity contribution is 5.51. The number of ether oxygens (including phenoxy) is 2. The second-order valence-electron chi connectivity index (χ2n) is 4.59. The summed E-state index contributed by atoms with van der Waals surface area (Å²) in [4.78, 5) is 4.27. The molecule has 0 radical (unpaired) electrons. The van der Waals surface area contributed by atoms with Crippen LogP contribution in [0, 0.1) is 32.1 Å². The zero-order chi connectivity index (χ0) is 14.7. The maximum atomic E-state index is 9.24. The molecule has 1 aromatic heterocycles.